The zero-order valence-electron chi connectivity index (χ0n) is 13.8. The van der Waals surface area contributed by atoms with Gasteiger partial charge in [-0.3, -0.25) is 0 Å². The van der Waals surface area contributed by atoms with Crippen molar-refractivity contribution in [3.05, 3.63) is 87.4 Å². The molecule has 1 heterocycles. The number of rotatable bonds is 4. The third-order valence-corrected chi connectivity index (χ3v) is 2.12. The molecule has 1 aromatic rings. The topological polar surface area (TPSA) is 142 Å². The van der Waals surface area contributed by atoms with Gasteiger partial charge in [-0.2, -0.15) is 0 Å². The van der Waals surface area contributed by atoms with E-state index in [0.717, 1.165) is 5.76 Å². The standard InChI is InChI=1S/C11H12O2.6CO.2Fe/c1-9-4-5-10(9)7-12-8-11-3-2-6-13-11;6*1-2;;/h2-6H,7-8H2,1H3;;;;;;;;. The van der Waals surface area contributed by atoms with E-state index in [-0.39, 0.29) is 34.1 Å². The maximum atomic E-state index is 7.50. The summed E-state index contributed by atoms with van der Waals surface area (Å²) in [5, 5.41) is 0. The molecule has 0 atom stereocenters. The Kier molecular flexibility index (Phi) is 81.9. The van der Waals surface area contributed by atoms with E-state index in [1.165, 1.54) is 11.1 Å². The van der Waals surface area contributed by atoms with Gasteiger partial charge in [0.05, 0.1) is 12.9 Å². The van der Waals surface area contributed by atoms with Crippen molar-refractivity contribution in [3.63, 3.8) is 0 Å². The zero-order chi connectivity index (χ0) is 21.1. The van der Waals surface area contributed by atoms with Crippen molar-refractivity contribution < 1.29 is 71.2 Å². The number of hydrogen-bond acceptors (Lipinski definition) is 2. The smallest absolute Gasteiger partial charge is 0 e. The molecular formula is C17H12Fe2O8. The van der Waals surface area contributed by atoms with Crippen LogP contribution in [0.25, 0.3) is 0 Å². The first-order chi connectivity index (χ1) is 12.4. The van der Waals surface area contributed by atoms with Crippen LogP contribution >= 0.6 is 0 Å². The Hall–Kier alpha value is -1.80. The van der Waals surface area contributed by atoms with E-state index in [4.69, 9.17) is 37.1 Å². The van der Waals surface area contributed by atoms with E-state index < -0.39 is 0 Å². The largest absolute Gasteiger partial charge is 0 e. The van der Waals surface area contributed by atoms with Crippen LogP contribution < -0.4 is 0 Å². The summed E-state index contributed by atoms with van der Waals surface area (Å²) in [7, 11) is 0. The van der Waals surface area contributed by atoms with Crippen molar-refractivity contribution in [2.75, 3.05) is 6.61 Å². The molecule has 0 saturated carbocycles. The Labute approximate surface area is 178 Å². The first kappa shape index (κ1) is 44.6. The quantitative estimate of drug-likeness (QED) is 0.390. The number of ether oxygens (including phenoxy) is 1. The van der Waals surface area contributed by atoms with Crippen molar-refractivity contribution in [2.45, 2.75) is 13.5 Å². The van der Waals surface area contributed by atoms with Gasteiger partial charge in [-0.15, -0.1) is 0 Å². The number of allylic oxidation sites excluding steroid dienone is 2. The van der Waals surface area contributed by atoms with Gasteiger partial charge in [0, 0.05) is 34.1 Å². The van der Waals surface area contributed by atoms with Gasteiger partial charge in [0.25, 0.3) is 0 Å². The first-order valence-electron chi connectivity index (χ1n) is 5.57. The van der Waals surface area contributed by atoms with Crippen LogP contribution in [0.2, 0.25) is 0 Å². The predicted molar refractivity (Wildman–Crippen MR) is 73.8 cm³/mol. The first-order valence-corrected chi connectivity index (χ1v) is 5.57. The summed E-state index contributed by atoms with van der Waals surface area (Å²) in [6.07, 6.45) is 5.83. The molecule has 144 valence electrons. The van der Waals surface area contributed by atoms with Crippen LogP contribution in [0.4, 0.5) is 0 Å². The van der Waals surface area contributed by atoms with Gasteiger partial charge < -0.3 is 9.15 Å². The molecule has 10 heteroatoms. The molecule has 8 nitrogen and oxygen atoms in total. The summed E-state index contributed by atoms with van der Waals surface area (Å²) in [5.41, 5.74) is 2.60. The minimum atomic E-state index is 0. The van der Waals surface area contributed by atoms with Gasteiger partial charge in [-0.1, -0.05) is 12.2 Å². The van der Waals surface area contributed by atoms with Gasteiger partial charge >= 0.3 is 67.8 Å². The second-order valence-corrected chi connectivity index (χ2v) is 3.11. The fourth-order valence-corrected chi connectivity index (χ4v) is 1.19. The van der Waals surface area contributed by atoms with Crippen molar-refractivity contribution in [1.29, 1.82) is 0 Å². The molecule has 0 aromatic carbocycles. The van der Waals surface area contributed by atoms with Crippen LogP contribution in [-0.2, 0) is 73.4 Å². The molecule has 1 aliphatic carbocycles. The van der Waals surface area contributed by atoms with Crippen LogP contribution in [0.3, 0.4) is 0 Å². The van der Waals surface area contributed by atoms with Gasteiger partial charge in [0.2, 0.25) is 0 Å². The number of hydrogen-bond donors (Lipinski definition) is 0. The maximum Gasteiger partial charge on any atom is 0 e. The van der Waals surface area contributed by atoms with Crippen molar-refractivity contribution in [1.82, 2.24) is 0 Å². The molecule has 0 spiro atoms. The van der Waals surface area contributed by atoms with Crippen molar-refractivity contribution >= 4 is 0 Å². The molecule has 0 bridgehead atoms. The molecule has 0 amide bonds. The molecule has 0 fully saturated rings. The fourth-order valence-electron chi connectivity index (χ4n) is 1.19. The number of furan rings is 1. The maximum absolute atomic E-state index is 7.50. The van der Waals surface area contributed by atoms with E-state index in [2.05, 4.69) is 59.0 Å². The van der Waals surface area contributed by atoms with E-state index in [0.29, 0.717) is 13.2 Å². The normalized spacial score (nSPS) is 7.59. The Morgan fingerprint density at radius 2 is 1.22 bits per heavy atom. The molecule has 0 N–H and O–H groups in total. The molecule has 0 saturated heterocycles. The summed E-state index contributed by atoms with van der Waals surface area (Å²) in [6.45, 7) is 30.3. The van der Waals surface area contributed by atoms with E-state index in [9.17, 15) is 0 Å². The Morgan fingerprint density at radius 1 is 0.778 bits per heavy atom. The summed E-state index contributed by atoms with van der Waals surface area (Å²) >= 11 is 0. The van der Waals surface area contributed by atoms with Crippen LogP contribution in [-0.4, -0.2) is 6.61 Å². The van der Waals surface area contributed by atoms with Crippen molar-refractivity contribution in [3.8, 4) is 0 Å². The molecular weight excluding hydrogens is 444 g/mol. The van der Waals surface area contributed by atoms with Crippen LogP contribution in [0, 0.1) is 39.9 Å². The summed E-state index contributed by atoms with van der Waals surface area (Å²) in [4.78, 5) is 0. The average Bonchev–Trinajstić information content (AvgIpc) is 3.26. The van der Waals surface area contributed by atoms with Crippen LogP contribution in [0.15, 0.2) is 46.1 Å². The second-order valence-electron chi connectivity index (χ2n) is 3.11. The molecule has 0 unspecified atom stereocenters. The molecule has 2 rings (SSSR count). The minimum absolute atomic E-state index is 0. The minimum Gasteiger partial charge on any atom is 0 e. The third kappa shape index (κ3) is 29.2. The summed E-state index contributed by atoms with van der Waals surface area (Å²) in [6, 6.07) is 3.78. The SMILES string of the molecule is CC1=C(COCc2ccco2)C=C1.[C-]#[O+].[C-]#[O+].[C-]#[O+].[C-]#[O+].[C-]#[O+].[C-]#[O+].[Fe].[Fe]. The fraction of sp³-hybridized carbons (Fsp3) is 0.176. The third-order valence-electron chi connectivity index (χ3n) is 2.12. The predicted octanol–water partition coefficient (Wildman–Crippen LogP) is 2.45. The Bertz CT molecular complexity index is 529. The van der Waals surface area contributed by atoms with Gasteiger partial charge in [0.15, 0.2) is 0 Å². The monoisotopic (exact) mass is 456 g/mol. The molecule has 27 heavy (non-hydrogen) atoms. The Balaban J connectivity index is -0.0000000496. The van der Waals surface area contributed by atoms with Gasteiger partial charge in [-0.25, -0.2) is 0 Å². The van der Waals surface area contributed by atoms with E-state index in [1.54, 1.807) is 6.26 Å². The summed E-state index contributed by atoms with van der Waals surface area (Å²) < 4.78 is 55.6. The second kappa shape index (κ2) is 49.6. The van der Waals surface area contributed by atoms with Crippen molar-refractivity contribution in [2.24, 2.45) is 0 Å². The van der Waals surface area contributed by atoms with E-state index in [1.807, 2.05) is 12.1 Å². The molecule has 0 radical (unpaired) electrons. The Morgan fingerprint density at radius 3 is 1.48 bits per heavy atom. The van der Waals surface area contributed by atoms with Gasteiger partial charge in [-0.05, 0) is 30.2 Å². The molecule has 1 aliphatic rings. The van der Waals surface area contributed by atoms with Gasteiger partial charge in [0.1, 0.15) is 12.4 Å². The van der Waals surface area contributed by atoms with E-state index >= 15 is 0 Å². The average molecular weight is 456 g/mol. The molecule has 0 aliphatic heterocycles. The zero-order valence-corrected chi connectivity index (χ0v) is 16.0. The summed E-state index contributed by atoms with van der Waals surface area (Å²) in [5.74, 6) is 0.876. The van der Waals surface area contributed by atoms with Crippen LogP contribution in [0.5, 0.6) is 0 Å². The van der Waals surface area contributed by atoms with Crippen LogP contribution in [0.1, 0.15) is 12.7 Å². The molecule has 1 aromatic heterocycles.